The summed E-state index contributed by atoms with van der Waals surface area (Å²) in [4.78, 5) is 29.7. The Morgan fingerprint density at radius 1 is 1.15 bits per heavy atom. The van der Waals surface area contributed by atoms with E-state index < -0.39 is 23.5 Å². The number of ether oxygens (including phenoxy) is 2. The lowest BCUT2D eigenvalue weighted by Crippen LogP contribution is -2.36. The van der Waals surface area contributed by atoms with Crippen LogP contribution in [0.3, 0.4) is 0 Å². The zero-order valence-electron chi connectivity index (χ0n) is 19.4. The quantitative estimate of drug-likeness (QED) is 0.557. The highest BCUT2D eigenvalue weighted by molar-refractivity contribution is 6.14. The molecule has 3 rings (SSSR count). The molecule has 1 aliphatic heterocycles. The van der Waals surface area contributed by atoms with E-state index in [0.29, 0.717) is 36.8 Å². The highest BCUT2D eigenvalue weighted by Crippen LogP contribution is 2.40. The Bertz CT molecular complexity index is 1060. The molecule has 1 heterocycles. The first-order chi connectivity index (χ1) is 15.9. The van der Waals surface area contributed by atoms with Gasteiger partial charge in [0.05, 0.1) is 25.3 Å². The van der Waals surface area contributed by atoms with E-state index in [4.69, 9.17) is 9.47 Å². The van der Waals surface area contributed by atoms with Gasteiger partial charge >= 0.3 is 0 Å². The lowest BCUT2D eigenvalue weighted by molar-refractivity contribution is -0.129. The Hall–Kier alpha value is -3.58. The predicted octanol–water partition coefficient (Wildman–Crippen LogP) is 3.63. The second kappa shape index (κ2) is 10.8. The molecule has 0 saturated heterocycles. The summed E-state index contributed by atoms with van der Waals surface area (Å²) in [7, 11) is 5.34. The van der Waals surface area contributed by atoms with Crippen LogP contribution in [0, 0.1) is 0 Å². The van der Waals surface area contributed by atoms with Gasteiger partial charge in [-0.3, -0.25) is 9.59 Å². The van der Waals surface area contributed by atoms with E-state index in [1.54, 1.807) is 24.3 Å². The molecular formula is C26H30N2O5. The Morgan fingerprint density at radius 3 is 2.52 bits per heavy atom. The molecule has 1 amide bonds. The van der Waals surface area contributed by atoms with Crippen molar-refractivity contribution in [3.8, 4) is 11.5 Å². The first kappa shape index (κ1) is 24.1. The maximum atomic E-state index is 13.2. The largest absolute Gasteiger partial charge is 0.503 e. The summed E-state index contributed by atoms with van der Waals surface area (Å²) in [6, 6.07) is 13.9. The fourth-order valence-electron chi connectivity index (χ4n) is 3.75. The summed E-state index contributed by atoms with van der Waals surface area (Å²) < 4.78 is 11.1. The van der Waals surface area contributed by atoms with Crippen LogP contribution in [0.5, 0.6) is 11.5 Å². The smallest absolute Gasteiger partial charge is 0.290 e. The van der Waals surface area contributed by atoms with Crippen molar-refractivity contribution in [2.45, 2.75) is 13.0 Å². The molecule has 1 aliphatic rings. The third kappa shape index (κ3) is 5.43. The number of methoxy groups -OCH3 is 1. The summed E-state index contributed by atoms with van der Waals surface area (Å²) in [5.74, 6) is -0.444. The van der Waals surface area contributed by atoms with E-state index in [-0.39, 0.29) is 5.57 Å². The minimum absolute atomic E-state index is 0.0529. The summed E-state index contributed by atoms with van der Waals surface area (Å²) in [5, 5.41) is 10.7. The van der Waals surface area contributed by atoms with E-state index >= 15 is 0 Å². The number of hydrogen-bond donors (Lipinski definition) is 1. The molecule has 0 radical (unpaired) electrons. The number of hydrogen-bond acceptors (Lipinski definition) is 6. The van der Waals surface area contributed by atoms with E-state index in [1.807, 2.05) is 56.3 Å². The van der Waals surface area contributed by atoms with Gasteiger partial charge in [0.1, 0.15) is 0 Å². The number of amides is 1. The molecule has 2 aromatic carbocycles. The second-order valence-electron chi connectivity index (χ2n) is 7.92. The molecule has 7 heteroatoms. The third-order valence-corrected chi connectivity index (χ3v) is 5.39. The Balaban J connectivity index is 2.03. The lowest BCUT2D eigenvalue weighted by Gasteiger charge is -2.28. The van der Waals surface area contributed by atoms with Gasteiger partial charge in [-0.1, -0.05) is 42.5 Å². The molecule has 1 atom stereocenters. The van der Waals surface area contributed by atoms with Crippen molar-refractivity contribution in [1.29, 1.82) is 0 Å². The van der Waals surface area contributed by atoms with Crippen LogP contribution in [0.4, 0.5) is 0 Å². The number of benzene rings is 2. The van der Waals surface area contributed by atoms with Crippen LogP contribution in [0.15, 0.2) is 65.9 Å². The molecule has 0 bridgehead atoms. The predicted molar refractivity (Wildman–Crippen MR) is 127 cm³/mol. The molecule has 1 unspecified atom stereocenters. The Morgan fingerprint density at radius 2 is 1.88 bits per heavy atom. The summed E-state index contributed by atoms with van der Waals surface area (Å²) >= 11 is 0. The van der Waals surface area contributed by atoms with Crippen molar-refractivity contribution in [3.63, 3.8) is 0 Å². The maximum absolute atomic E-state index is 13.2. The van der Waals surface area contributed by atoms with Gasteiger partial charge in [0, 0.05) is 13.1 Å². The molecule has 1 N–H and O–H groups in total. The van der Waals surface area contributed by atoms with Crippen molar-refractivity contribution in [1.82, 2.24) is 9.80 Å². The number of nitrogens with zero attached hydrogens (tertiary/aromatic N) is 2. The summed E-state index contributed by atoms with van der Waals surface area (Å²) in [6.45, 7) is 3.27. The van der Waals surface area contributed by atoms with Crippen molar-refractivity contribution in [2.24, 2.45) is 0 Å². The molecule has 7 nitrogen and oxygen atoms in total. The van der Waals surface area contributed by atoms with Gasteiger partial charge in [-0.05, 0) is 50.4 Å². The van der Waals surface area contributed by atoms with E-state index in [2.05, 4.69) is 0 Å². The number of aliphatic hydroxyl groups is 1. The van der Waals surface area contributed by atoms with E-state index in [9.17, 15) is 14.7 Å². The van der Waals surface area contributed by atoms with Crippen LogP contribution in [-0.4, -0.2) is 67.5 Å². The topological polar surface area (TPSA) is 79.3 Å². The van der Waals surface area contributed by atoms with Gasteiger partial charge in [0.2, 0.25) is 0 Å². The highest BCUT2D eigenvalue weighted by Gasteiger charge is 2.43. The monoisotopic (exact) mass is 450 g/mol. The first-order valence-electron chi connectivity index (χ1n) is 10.8. The number of ketones is 1. The van der Waals surface area contributed by atoms with Gasteiger partial charge < -0.3 is 24.4 Å². The summed E-state index contributed by atoms with van der Waals surface area (Å²) in [6.07, 6.45) is 3.06. The van der Waals surface area contributed by atoms with Crippen LogP contribution in [0.25, 0.3) is 6.08 Å². The highest BCUT2D eigenvalue weighted by atomic mass is 16.5. The number of allylic oxidation sites excluding steroid dienone is 1. The Labute approximate surface area is 194 Å². The van der Waals surface area contributed by atoms with Gasteiger partial charge in [-0.25, -0.2) is 0 Å². The summed E-state index contributed by atoms with van der Waals surface area (Å²) in [5.41, 5.74) is 1.55. The SMILES string of the molecule is CCOc1ccc(C2C(C(=O)C=Cc3ccccc3)=C(O)C(=O)N2CCN(C)C)cc1OC. The zero-order chi connectivity index (χ0) is 24.0. The van der Waals surface area contributed by atoms with Crippen molar-refractivity contribution in [2.75, 3.05) is 40.9 Å². The average Bonchev–Trinajstić information content (AvgIpc) is 3.07. The van der Waals surface area contributed by atoms with Gasteiger partial charge in [0.25, 0.3) is 5.91 Å². The standard InChI is InChI=1S/C26H30N2O5/c1-5-33-21-14-12-19(17-22(21)32-4)24-23(20(29)13-11-18-9-7-6-8-10-18)25(30)26(31)28(24)16-15-27(2)3/h6-14,17,24,30H,5,15-16H2,1-4H3. The lowest BCUT2D eigenvalue weighted by atomic mass is 9.95. The van der Waals surface area contributed by atoms with Gasteiger partial charge in [0.15, 0.2) is 23.0 Å². The normalized spacial score (nSPS) is 16.2. The van der Waals surface area contributed by atoms with Crippen LogP contribution in [0.2, 0.25) is 0 Å². The minimum Gasteiger partial charge on any atom is -0.503 e. The first-order valence-corrected chi connectivity index (χ1v) is 10.8. The molecule has 33 heavy (non-hydrogen) atoms. The zero-order valence-corrected chi connectivity index (χ0v) is 19.4. The molecule has 174 valence electrons. The van der Waals surface area contributed by atoms with Crippen molar-refractivity contribution >= 4 is 17.8 Å². The Kier molecular flexibility index (Phi) is 7.90. The molecule has 0 aromatic heterocycles. The van der Waals surface area contributed by atoms with Crippen molar-refractivity contribution < 1.29 is 24.2 Å². The number of aliphatic hydroxyl groups excluding tert-OH is 1. The van der Waals surface area contributed by atoms with Crippen LogP contribution in [0.1, 0.15) is 24.1 Å². The van der Waals surface area contributed by atoms with Crippen molar-refractivity contribution in [3.05, 3.63) is 77.1 Å². The number of carbonyl (C=O) groups is 2. The maximum Gasteiger partial charge on any atom is 0.290 e. The molecule has 0 saturated carbocycles. The van der Waals surface area contributed by atoms with E-state index in [1.165, 1.54) is 18.1 Å². The number of carbonyl (C=O) groups excluding carboxylic acids is 2. The molecule has 0 fully saturated rings. The number of likely N-dealkylation sites (N-methyl/N-ethyl adjacent to an activating group) is 1. The van der Waals surface area contributed by atoms with Gasteiger partial charge in [-0.2, -0.15) is 0 Å². The molecule has 2 aromatic rings. The average molecular weight is 451 g/mol. The second-order valence-corrected chi connectivity index (χ2v) is 7.92. The number of rotatable bonds is 10. The molecule has 0 aliphatic carbocycles. The van der Waals surface area contributed by atoms with Crippen LogP contribution in [-0.2, 0) is 9.59 Å². The fourth-order valence-corrected chi connectivity index (χ4v) is 3.75. The van der Waals surface area contributed by atoms with E-state index in [0.717, 1.165) is 5.56 Å². The van der Waals surface area contributed by atoms with Crippen LogP contribution >= 0.6 is 0 Å². The third-order valence-electron chi connectivity index (χ3n) is 5.39. The minimum atomic E-state index is -0.741. The van der Waals surface area contributed by atoms with Crippen LogP contribution < -0.4 is 9.47 Å². The van der Waals surface area contributed by atoms with Gasteiger partial charge in [-0.15, -0.1) is 0 Å². The fraction of sp³-hybridized carbons (Fsp3) is 0.308. The molecular weight excluding hydrogens is 420 g/mol. The molecule has 0 spiro atoms.